The van der Waals surface area contributed by atoms with Gasteiger partial charge in [0.1, 0.15) is 12.4 Å². The topological polar surface area (TPSA) is 137 Å². The zero-order chi connectivity index (χ0) is 33.4. The van der Waals surface area contributed by atoms with Gasteiger partial charge in [0, 0.05) is 15.7 Å². The van der Waals surface area contributed by atoms with Crippen molar-refractivity contribution in [3.05, 3.63) is 94.6 Å². The standard InChI is InChI=1S/C31H28BrCl2IN4O7/c1-4-44-30(41)27-16(2)37-31(42)38-28(27)18-6-8-24(25(11-18)43-3)45-15-26(40)39-36-13-19-10-20(32)12-23(35)29(19)46-14-17-5-7-21(33)22(34)9-17/h5-13,28H,4,14-15H2,1-3H3,(H,39,40)(H2,37,38,42)/b36-13+/t28-/m1/s1. The van der Waals surface area contributed by atoms with Gasteiger partial charge in [0.2, 0.25) is 0 Å². The van der Waals surface area contributed by atoms with Crippen LogP contribution in [0.2, 0.25) is 10.0 Å². The van der Waals surface area contributed by atoms with Crippen molar-refractivity contribution in [1.29, 1.82) is 0 Å². The van der Waals surface area contributed by atoms with Gasteiger partial charge in [-0.2, -0.15) is 5.10 Å². The molecule has 11 nitrogen and oxygen atoms in total. The van der Waals surface area contributed by atoms with E-state index in [1.807, 2.05) is 12.1 Å². The Labute approximate surface area is 297 Å². The third-order valence-corrected chi connectivity index (χ3v) is 8.44. The van der Waals surface area contributed by atoms with Gasteiger partial charge < -0.3 is 29.6 Å². The molecule has 1 aliphatic heterocycles. The van der Waals surface area contributed by atoms with Crippen LogP contribution in [-0.2, 0) is 20.9 Å². The van der Waals surface area contributed by atoms with Crippen molar-refractivity contribution in [1.82, 2.24) is 16.1 Å². The SMILES string of the molecule is CCOC(=O)C1=C(C)NC(=O)N[C@@H]1c1ccc(OCC(=O)N/N=C/c2cc(Br)cc(I)c2OCc2ccc(Cl)c(Cl)c2)c(OC)c1. The molecule has 242 valence electrons. The predicted molar refractivity (Wildman–Crippen MR) is 186 cm³/mol. The summed E-state index contributed by atoms with van der Waals surface area (Å²) in [5.74, 6) is 0.0318. The number of carbonyl (C=O) groups is 3. The summed E-state index contributed by atoms with van der Waals surface area (Å²) in [5, 5.41) is 10.3. The fraction of sp³-hybridized carbons (Fsp3) is 0.226. The quantitative estimate of drug-likeness (QED) is 0.0803. The summed E-state index contributed by atoms with van der Waals surface area (Å²) < 4.78 is 24.0. The summed E-state index contributed by atoms with van der Waals surface area (Å²) in [4.78, 5) is 37.4. The summed E-state index contributed by atoms with van der Waals surface area (Å²) in [6.07, 6.45) is 1.47. The van der Waals surface area contributed by atoms with Crippen LogP contribution in [0, 0.1) is 3.57 Å². The van der Waals surface area contributed by atoms with E-state index in [0.717, 1.165) is 13.6 Å². The number of rotatable bonds is 12. The lowest BCUT2D eigenvalue weighted by atomic mass is 9.95. The van der Waals surface area contributed by atoms with Crippen molar-refractivity contribution in [3.63, 3.8) is 0 Å². The van der Waals surface area contributed by atoms with E-state index in [0.29, 0.717) is 32.6 Å². The number of methoxy groups -OCH3 is 1. The van der Waals surface area contributed by atoms with E-state index in [9.17, 15) is 14.4 Å². The van der Waals surface area contributed by atoms with E-state index in [4.69, 9.17) is 42.1 Å². The van der Waals surface area contributed by atoms with Gasteiger partial charge in [-0.25, -0.2) is 15.0 Å². The minimum atomic E-state index is -0.785. The van der Waals surface area contributed by atoms with Crippen LogP contribution < -0.4 is 30.3 Å². The predicted octanol–water partition coefficient (Wildman–Crippen LogP) is 6.67. The molecule has 15 heteroatoms. The van der Waals surface area contributed by atoms with Crippen LogP contribution in [0.5, 0.6) is 17.2 Å². The first-order chi connectivity index (χ1) is 22.0. The molecule has 46 heavy (non-hydrogen) atoms. The first-order valence-electron chi connectivity index (χ1n) is 13.6. The number of amides is 3. The lowest BCUT2D eigenvalue weighted by Gasteiger charge is -2.28. The first-order valence-corrected chi connectivity index (χ1v) is 16.3. The van der Waals surface area contributed by atoms with Crippen LogP contribution in [0.1, 0.15) is 36.6 Å². The molecule has 1 atom stereocenters. The largest absolute Gasteiger partial charge is 0.493 e. The molecule has 0 spiro atoms. The van der Waals surface area contributed by atoms with E-state index < -0.39 is 23.9 Å². The molecule has 0 saturated heterocycles. The van der Waals surface area contributed by atoms with Gasteiger partial charge in [-0.1, -0.05) is 51.3 Å². The highest BCUT2D eigenvalue weighted by molar-refractivity contribution is 14.1. The Balaban J connectivity index is 1.41. The summed E-state index contributed by atoms with van der Waals surface area (Å²) in [7, 11) is 1.44. The Morgan fingerprint density at radius 3 is 2.59 bits per heavy atom. The molecule has 0 bridgehead atoms. The van der Waals surface area contributed by atoms with Crippen LogP contribution in [-0.4, -0.2) is 44.4 Å². The zero-order valence-electron chi connectivity index (χ0n) is 24.7. The maximum atomic E-state index is 12.6. The second kappa shape index (κ2) is 16.3. The van der Waals surface area contributed by atoms with E-state index in [1.54, 1.807) is 50.2 Å². The first kappa shape index (κ1) is 35.3. The second-order valence-electron chi connectivity index (χ2n) is 9.63. The number of benzene rings is 3. The van der Waals surface area contributed by atoms with Crippen LogP contribution in [0.4, 0.5) is 4.79 Å². The monoisotopic (exact) mass is 844 g/mol. The number of carbonyl (C=O) groups excluding carboxylic acids is 3. The second-order valence-corrected chi connectivity index (χ2v) is 12.5. The molecule has 1 aliphatic rings. The molecule has 0 aliphatic carbocycles. The lowest BCUT2D eigenvalue weighted by Crippen LogP contribution is -2.45. The Morgan fingerprint density at radius 1 is 1.09 bits per heavy atom. The van der Waals surface area contributed by atoms with Crippen LogP contribution in [0.25, 0.3) is 0 Å². The molecule has 0 saturated carbocycles. The van der Waals surface area contributed by atoms with Crippen molar-refractivity contribution < 1.29 is 33.3 Å². The normalized spacial score (nSPS) is 14.4. The summed E-state index contributed by atoms with van der Waals surface area (Å²) >= 11 is 17.8. The van der Waals surface area contributed by atoms with Gasteiger partial charge in [0.25, 0.3) is 5.91 Å². The summed E-state index contributed by atoms with van der Waals surface area (Å²) in [5.41, 5.74) is 5.09. The van der Waals surface area contributed by atoms with E-state index in [1.165, 1.54) is 13.3 Å². The van der Waals surface area contributed by atoms with Crippen LogP contribution in [0.3, 0.4) is 0 Å². The van der Waals surface area contributed by atoms with Gasteiger partial charge in [-0.3, -0.25) is 4.79 Å². The van der Waals surface area contributed by atoms with Crippen molar-refractivity contribution in [2.24, 2.45) is 5.10 Å². The molecule has 4 rings (SSSR count). The van der Waals surface area contributed by atoms with Gasteiger partial charge >= 0.3 is 12.0 Å². The van der Waals surface area contributed by atoms with Gasteiger partial charge in [-0.15, -0.1) is 0 Å². The number of hydrazone groups is 1. The van der Waals surface area contributed by atoms with Gasteiger partial charge in [0.15, 0.2) is 18.1 Å². The highest BCUT2D eigenvalue weighted by atomic mass is 127. The number of urea groups is 1. The number of hydrogen-bond acceptors (Lipinski definition) is 8. The van der Waals surface area contributed by atoms with E-state index in [2.05, 4.69) is 59.7 Å². The fourth-order valence-corrected chi connectivity index (χ4v) is 6.40. The Morgan fingerprint density at radius 2 is 1.87 bits per heavy atom. The number of halogens is 4. The molecule has 0 aromatic heterocycles. The number of ether oxygens (including phenoxy) is 4. The molecular formula is C31H28BrCl2IN4O7. The highest BCUT2D eigenvalue weighted by Gasteiger charge is 2.32. The molecule has 3 N–H and O–H groups in total. The molecule has 3 aromatic rings. The van der Waals surface area contributed by atoms with Gasteiger partial charge in [0.05, 0.1) is 45.2 Å². The number of nitrogens with one attached hydrogen (secondary N) is 3. The summed E-state index contributed by atoms with van der Waals surface area (Å²) in [6, 6.07) is 12.6. The van der Waals surface area contributed by atoms with Crippen molar-refractivity contribution in [2.45, 2.75) is 26.5 Å². The molecule has 3 aromatic carbocycles. The smallest absolute Gasteiger partial charge is 0.338 e. The Bertz CT molecular complexity index is 1720. The third-order valence-electron chi connectivity index (χ3n) is 6.44. The number of nitrogens with zero attached hydrogens (tertiary/aromatic N) is 1. The number of esters is 1. The van der Waals surface area contributed by atoms with Crippen LogP contribution >= 0.6 is 61.7 Å². The molecular weight excluding hydrogens is 818 g/mol. The minimum absolute atomic E-state index is 0.176. The molecule has 3 amide bonds. The maximum absolute atomic E-state index is 12.6. The molecule has 0 unspecified atom stereocenters. The highest BCUT2D eigenvalue weighted by Crippen LogP contribution is 2.35. The number of hydrogen-bond donors (Lipinski definition) is 3. The molecule has 0 fully saturated rings. The summed E-state index contributed by atoms with van der Waals surface area (Å²) in [6.45, 7) is 3.36. The zero-order valence-corrected chi connectivity index (χ0v) is 30.0. The lowest BCUT2D eigenvalue weighted by molar-refractivity contribution is -0.139. The van der Waals surface area contributed by atoms with E-state index >= 15 is 0 Å². The minimum Gasteiger partial charge on any atom is -0.493 e. The Kier molecular flexibility index (Phi) is 12.5. The van der Waals surface area contributed by atoms with Crippen molar-refractivity contribution >= 4 is 85.8 Å². The molecule has 0 radical (unpaired) electrons. The van der Waals surface area contributed by atoms with E-state index in [-0.39, 0.29) is 36.9 Å². The molecule has 1 heterocycles. The van der Waals surface area contributed by atoms with Crippen LogP contribution in [0.15, 0.2) is 69.4 Å². The maximum Gasteiger partial charge on any atom is 0.338 e. The average molecular weight is 846 g/mol. The van der Waals surface area contributed by atoms with Gasteiger partial charge in [-0.05, 0) is 84.0 Å². The third kappa shape index (κ3) is 9.05. The number of allylic oxidation sites excluding steroid dienone is 1. The van der Waals surface area contributed by atoms with Crippen molar-refractivity contribution in [3.8, 4) is 17.2 Å². The fourth-order valence-electron chi connectivity index (χ4n) is 4.37. The van der Waals surface area contributed by atoms with Crippen molar-refractivity contribution in [2.75, 3.05) is 20.3 Å². The average Bonchev–Trinajstić information content (AvgIpc) is 3.00. The Hall–Kier alpha value is -3.53.